The van der Waals surface area contributed by atoms with E-state index < -0.39 is 0 Å². The first-order valence-corrected chi connectivity index (χ1v) is 9.55. The molecule has 0 unspecified atom stereocenters. The van der Waals surface area contributed by atoms with Crippen LogP contribution in [-0.4, -0.2) is 36.8 Å². The van der Waals surface area contributed by atoms with Crippen molar-refractivity contribution in [2.45, 2.75) is 6.42 Å². The lowest BCUT2D eigenvalue weighted by Gasteiger charge is -2.13. The van der Waals surface area contributed by atoms with Crippen LogP contribution < -0.4 is 9.47 Å². The van der Waals surface area contributed by atoms with Gasteiger partial charge in [-0.15, -0.1) is 0 Å². The number of benzene rings is 1. The number of hydrogen-bond donors (Lipinski definition) is 0. The van der Waals surface area contributed by atoms with Crippen LogP contribution in [0.15, 0.2) is 46.5 Å². The van der Waals surface area contributed by atoms with Crippen molar-refractivity contribution >= 4 is 34.0 Å². The SMILES string of the molecule is C=CCOc1c(Br)cc(C=NN2C(=O)[C@@H]3[C@H](C2=O)[C@H]2C=C[C@H]3C2)cc1OC. The molecule has 4 rings (SSSR count). The maximum Gasteiger partial charge on any atom is 0.254 e. The van der Waals surface area contributed by atoms with Gasteiger partial charge in [0.2, 0.25) is 0 Å². The first-order chi connectivity index (χ1) is 13.0. The lowest BCUT2D eigenvalue weighted by Crippen LogP contribution is -2.28. The molecule has 0 radical (unpaired) electrons. The minimum absolute atomic E-state index is 0.173. The average molecular weight is 431 g/mol. The van der Waals surface area contributed by atoms with Crippen molar-refractivity contribution < 1.29 is 19.1 Å². The summed E-state index contributed by atoms with van der Waals surface area (Å²) in [6.45, 7) is 3.97. The number of fused-ring (bicyclic) bond motifs is 5. The lowest BCUT2D eigenvalue weighted by molar-refractivity contribution is -0.140. The fourth-order valence-corrected chi connectivity index (χ4v) is 4.80. The Morgan fingerprint density at radius 1 is 1.26 bits per heavy atom. The molecule has 0 spiro atoms. The van der Waals surface area contributed by atoms with E-state index in [0.717, 1.165) is 11.4 Å². The zero-order chi connectivity index (χ0) is 19.1. The zero-order valence-corrected chi connectivity index (χ0v) is 16.4. The van der Waals surface area contributed by atoms with Gasteiger partial charge in [-0.1, -0.05) is 24.8 Å². The number of imide groups is 1. The summed E-state index contributed by atoms with van der Waals surface area (Å²) in [4.78, 5) is 25.3. The Hall–Kier alpha value is -2.41. The minimum atomic E-state index is -0.249. The predicted octanol–water partition coefficient (Wildman–Crippen LogP) is 3.16. The molecule has 2 fully saturated rings. The Morgan fingerprint density at radius 3 is 2.52 bits per heavy atom. The number of amides is 2. The van der Waals surface area contributed by atoms with Gasteiger partial charge in [0.05, 0.1) is 29.6 Å². The van der Waals surface area contributed by atoms with Crippen molar-refractivity contribution in [3.8, 4) is 11.5 Å². The molecule has 1 aliphatic heterocycles. The van der Waals surface area contributed by atoms with Crippen LogP contribution in [0.4, 0.5) is 0 Å². The summed E-state index contributed by atoms with van der Waals surface area (Å²) in [5.41, 5.74) is 0.684. The maximum atomic E-state index is 12.7. The van der Waals surface area contributed by atoms with Gasteiger partial charge in [-0.05, 0) is 51.9 Å². The molecule has 1 aromatic carbocycles. The van der Waals surface area contributed by atoms with Gasteiger partial charge in [-0.3, -0.25) is 9.59 Å². The number of allylic oxidation sites excluding steroid dienone is 2. The summed E-state index contributed by atoms with van der Waals surface area (Å²) in [6.07, 6.45) is 8.17. The molecule has 1 aromatic rings. The summed E-state index contributed by atoms with van der Waals surface area (Å²) in [6, 6.07) is 3.53. The molecule has 27 heavy (non-hydrogen) atoms. The first-order valence-electron chi connectivity index (χ1n) is 8.76. The van der Waals surface area contributed by atoms with Gasteiger partial charge in [0.1, 0.15) is 6.61 Å². The lowest BCUT2D eigenvalue weighted by atomic mass is 9.85. The highest BCUT2D eigenvalue weighted by molar-refractivity contribution is 9.10. The summed E-state index contributed by atoms with van der Waals surface area (Å²) in [5.74, 6) is 0.525. The topological polar surface area (TPSA) is 68.2 Å². The van der Waals surface area contributed by atoms with Crippen molar-refractivity contribution in [3.05, 3.63) is 47.0 Å². The van der Waals surface area contributed by atoms with Gasteiger partial charge >= 0.3 is 0 Å². The van der Waals surface area contributed by atoms with Gasteiger partial charge in [-0.25, -0.2) is 0 Å². The van der Waals surface area contributed by atoms with Gasteiger partial charge in [-0.2, -0.15) is 10.1 Å². The second kappa shape index (κ2) is 6.96. The number of carbonyl (C=O) groups excluding carboxylic acids is 2. The second-order valence-electron chi connectivity index (χ2n) is 6.87. The highest BCUT2D eigenvalue weighted by Crippen LogP contribution is 2.52. The summed E-state index contributed by atoms with van der Waals surface area (Å²) < 4.78 is 11.6. The maximum absolute atomic E-state index is 12.7. The van der Waals surface area contributed by atoms with Gasteiger partial charge in [0.25, 0.3) is 11.8 Å². The Kier molecular flexibility index (Phi) is 4.63. The Bertz CT molecular complexity index is 849. The molecular formula is C20H19BrN2O4. The molecule has 3 aliphatic rings. The summed E-state index contributed by atoms with van der Waals surface area (Å²) in [7, 11) is 1.54. The molecule has 7 heteroatoms. The molecule has 2 aliphatic carbocycles. The van der Waals surface area contributed by atoms with E-state index in [9.17, 15) is 9.59 Å². The van der Waals surface area contributed by atoms with Crippen LogP contribution in [0.5, 0.6) is 11.5 Å². The molecule has 6 nitrogen and oxygen atoms in total. The molecule has 2 amide bonds. The number of rotatable bonds is 6. The molecule has 0 N–H and O–H groups in total. The third-order valence-electron chi connectivity index (χ3n) is 5.37. The summed E-state index contributed by atoms with van der Waals surface area (Å²) >= 11 is 3.45. The van der Waals surface area contributed by atoms with Gasteiger partial charge in [0.15, 0.2) is 11.5 Å². The highest BCUT2D eigenvalue weighted by Gasteiger charge is 2.59. The van der Waals surface area contributed by atoms with Crippen LogP contribution in [0.1, 0.15) is 12.0 Å². The zero-order valence-electron chi connectivity index (χ0n) is 14.8. The Balaban J connectivity index is 1.57. The average Bonchev–Trinajstić information content (AvgIpc) is 3.33. The van der Waals surface area contributed by atoms with E-state index in [2.05, 4.69) is 39.8 Å². The third-order valence-corrected chi connectivity index (χ3v) is 5.96. The molecule has 4 atom stereocenters. The van der Waals surface area contributed by atoms with Crippen LogP contribution in [0.2, 0.25) is 0 Å². The number of carbonyl (C=O) groups is 2. The number of halogens is 1. The van der Waals surface area contributed by atoms with Crippen LogP contribution >= 0.6 is 15.9 Å². The molecule has 140 valence electrons. The van der Waals surface area contributed by atoms with E-state index in [0.29, 0.717) is 28.1 Å². The third kappa shape index (κ3) is 2.90. The van der Waals surface area contributed by atoms with Gasteiger partial charge < -0.3 is 9.47 Å². The van der Waals surface area contributed by atoms with Crippen molar-refractivity contribution in [2.75, 3.05) is 13.7 Å². The monoisotopic (exact) mass is 430 g/mol. The second-order valence-corrected chi connectivity index (χ2v) is 7.72. The minimum Gasteiger partial charge on any atom is -0.493 e. The Labute approximate surface area is 165 Å². The molecule has 2 bridgehead atoms. The van der Waals surface area contributed by atoms with E-state index in [4.69, 9.17) is 9.47 Å². The van der Waals surface area contributed by atoms with Crippen LogP contribution in [0, 0.1) is 23.7 Å². The van der Waals surface area contributed by atoms with Crippen molar-refractivity contribution in [2.24, 2.45) is 28.8 Å². The van der Waals surface area contributed by atoms with Crippen molar-refractivity contribution in [1.82, 2.24) is 5.01 Å². The van der Waals surface area contributed by atoms with Gasteiger partial charge in [0, 0.05) is 0 Å². The fourth-order valence-electron chi connectivity index (χ4n) is 4.22. The first kappa shape index (κ1) is 18.0. The molecule has 1 heterocycles. The van der Waals surface area contributed by atoms with Crippen molar-refractivity contribution in [1.29, 1.82) is 0 Å². The van der Waals surface area contributed by atoms with E-state index in [1.807, 2.05) is 0 Å². The largest absolute Gasteiger partial charge is 0.493 e. The number of hydrazone groups is 1. The molecule has 1 saturated heterocycles. The van der Waals surface area contributed by atoms with Crippen molar-refractivity contribution in [3.63, 3.8) is 0 Å². The number of nitrogens with zero attached hydrogens (tertiary/aromatic N) is 2. The number of methoxy groups -OCH3 is 1. The smallest absolute Gasteiger partial charge is 0.254 e. The number of hydrogen-bond acceptors (Lipinski definition) is 5. The van der Waals surface area contributed by atoms with Crippen LogP contribution in [0.3, 0.4) is 0 Å². The standard InChI is InChI=1S/C20H19BrN2O4/c1-3-6-27-18-14(21)7-11(8-15(18)26-2)10-22-23-19(24)16-12-4-5-13(9-12)17(16)20(23)25/h3-5,7-8,10,12-13,16-17H,1,6,9H2,2H3/t12-,13-,16-,17+/m0/s1. The summed E-state index contributed by atoms with van der Waals surface area (Å²) in [5, 5.41) is 5.22. The normalized spacial score (nSPS) is 28.3. The van der Waals surface area contributed by atoms with Crippen LogP contribution in [-0.2, 0) is 9.59 Å². The van der Waals surface area contributed by atoms with E-state index >= 15 is 0 Å². The predicted molar refractivity (Wildman–Crippen MR) is 104 cm³/mol. The molecular weight excluding hydrogens is 412 g/mol. The number of ether oxygens (including phenoxy) is 2. The highest BCUT2D eigenvalue weighted by atomic mass is 79.9. The van der Waals surface area contributed by atoms with E-state index in [1.54, 1.807) is 25.3 Å². The quantitative estimate of drug-likeness (QED) is 0.394. The van der Waals surface area contributed by atoms with E-state index in [-0.39, 0.29) is 35.5 Å². The van der Waals surface area contributed by atoms with Crippen LogP contribution in [0.25, 0.3) is 0 Å². The molecule has 1 saturated carbocycles. The Morgan fingerprint density at radius 2 is 1.93 bits per heavy atom. The molecule has 0 aromatic heterocycles. The van der Waals surface area contributed by atoms with E-state index in [1.165, 1.54) is 6.21 Å². The fraction of sp³-hybridized carbons (Fsp3) is 0.350.